The van der Waals surface area contributed by atoms with E-state index in [9.17, 15) is 18.5 Å². The number of nitro groups is 1. The predicted molar refractivity (Wildman–Crippen MR) is 151 cm³/mol. The average molecular weight is 535 g/mol. The van der Waals surface area contributed by atoms with Crippen LogP contribution in [-0.2, 0) is 10.0 Å². The monoisotopic (exact) mass is 534 g/mol. The van der Waals surface area contributed by atoms with Crippen LogP contribution in [-0.4, -0.2) is 19.1 Å². The Labute approximate surface area is 221 Å². The minimum atomic E-state index is -4.04. The zero-order valence-corrected chi connectivity index (χ0v) is 23.3. The average Bonchev–Trinajstić information content (AvgIpc) is 2.87. The Bertz CT molecular complexity index is 995. The van der Waals surface area contributed by atoms with E-state index in [1.165, 1.54) is 114 Å². The van der Waals surface area contributed by atoms with E-state index in [4.69, 9.17) is 0 Å². The Morgan fingerprint density at radius 1 is 0.750 bits per heavy atom. The molecule has 0 aliphatic rings. The van der Waals surface area contributed by atoms with Crippen molar-refractivity contribution >= 4 is 33.2 Å². The van der Waals surface area contributed by atoms with E-state index in [0.717, 1.165) is 10.6 Å². The number of hydrogen-bond acceptors (Lipinski definition) is 5. The standard InChI is InChI=1S/C28H42N2O4S2/c1-2-3-4-5-6-7-8-9-10-11-12-13-14-17-24-35-26-22-20-25(21-23-26)29-36(33,34)28-19-16-15-18-27(28)30(31)32/h15-16,18-23,29H,2-14,17,24H2,1H3. The van der Waals surface area contributed by atoms with Crippen LogP contribution < -0.4 is 4.72 Å². The zero-order chi connectivity index (χ0) is 26.1. The van der Waals surface area contributed by atoms with E-state index in [2.05, 4.69) is 11.6 Å². The van der Waals surface area contributed by atoms with Gasteiger partial charge in [0.15, 0.2) is 4.90 Å². The van der Waals surface area contributed by atoms with Crippen LogP contribution in [0.3, 0.4) is 0 Å². The second-order valence-corrected chi connectivity index (χ2v) is 12.1. The summed E-state index contributed by atoms with van der Waals surface area (Å²) in [5.74, 6) is 1.04. The Morgan fingerprint density at radius 3 is 1.78 bits per heavy atom. The molecule has 0 aliphatic heterocycles. The Morgan fingerprint density at radius 2 is 1.25 bits per heavy atom. The fourth-order valence-electron chi connectivity index (χ4n) is 4.15. The van der Waals surface area contributed by atoms with Gasteiger partial charge in [-0.05, 0) is 42.5 Å². The van der Waals surface area contributed by atoms with Crippen LogP contribution in [0.5, 0.6) is 0 Å². The summed E-state index contributed by atoms with van der Waals surface area (Å²) < 4.78 is 27.7. The second-order valence-electron chi connectivity index (χ2n) is 9.30. The fourth-order valence-corrected chi connectivity index (χ4v) is 6.30. The largest absolute Gasteiger partial charge is 0.289 e. The molecule has 36 heavy (non-hydrogen) atoms. The molecule has 1 N–H and O–H groups in total. The molecular weight excluding hydrogens is 492 g/mol. The van der Waals surface area contributed by atoms with Gasteiger partial charge < -0.3 is 0 Å². The molecule has 0 fully saturated rings. The molecule has 0 aliphatic carbocycles. The molecule has 0 atom stereocenters. The van der Waals surface area contributed by atoms with Gasteiger partial charge in [0.25, 0.3) is 15.7 Å². The van der Waals surface area contributed by atoms with Crippen molar-refractivity contribution < 1.29 is 13.3 Å². The van der Waals surface area contributed by atoms with E-state index < -0.39 is 20.6 Å². The van der Waals surface area contributed by atoms with Gasteiger partial charge in [0, 0.05) is 16.6 Å². The van der Waals surface area contributed by atoms with E-state index >= 15 is 0 Å². The maximum atomic E-state index is 12.6. The van der Waals surface area contributed by atoms with Gasteiger partial charge in [0.05, 0.1) is 4.92 Å². The van der Waals surface area contributed by atoms with Crippen molar-refractivity contribution in [3.63, 3.8) is 0 Å². The van der Waals surface area contributed by atoms with Crippen LogP contribution in [0.15, 0.2) is 58.3 Å². The number of hydrogen-bond donors (Lipinski definition) is 1. The van der Waals surface area contributed by atoms with Gasteiger partial charge in [-0.3, -0.25) is 14.8 Å². The number of thioether (sulfide) groups is 1. The van der Waals surface area contributed by atoms with Gasteiger partial charge in [0.2, 0.25) is 0 Å². The number of sulfonamides is 1. The van der Waals surface area contributed by atoms with E-state index in [1.807, 2.05) is 12.1 Å². The van der Waals surface area contributed by atoms with Gasteiger partial charge in [-0.25, -0.2) is 8.42 Å². The normalized spacial score (nSPS) is 11.5. The van der Waals surface area contributed by atoms with Crippen molar-refractivity contribution in [3.8, 4) is 0 Å². The first-order valence-corrected chi connectivity index (χ1v) is 15.9. The lowest BCUT2D eigenvalue weighted by Gasteiger charge is -2.09. The summed E-state index contributed by atoms with van der Waals surface area (Å²) in [6, 6.07) is 12.5. The van der Waals surface area contributed by atoms with Crippen molar-refractivity contribution in [3.05, 3.63) is 58.6 Å². The van der Waals surface area contributed by atoms with Crippen molar-refractivity contribution in [1.29, 1.82) is 0 Å². The molecule has 2 rings (SSSR count). The maximum absolute atomic E-state index is 12.6. The number of para-hydroxylation sites is 1. The third-order valence-corrected chi connectivity index (χ3v) is 8.75. The maximum Gasteiger partial charge on any atom is 0.289 e. The molecule has 0 radical (unpaired) electrons. The Kier molecular flexibility index (Phi) is 14.6. The zero-order valence-electron chi connectivity index (χ0n) is 21.6. The minimum absolute atomic E-state index is 0.341. The van der Waals surface area contributed by atoms with Crippen LogP contribution in [0.2, 0.25) is 0 Å². The summed E-state index contributed by atoms with van der Waals surface area (Å²) in [6.45, 7) is 2.27. The van der Waals surface area contributed by atoms with Gasteiger partial charge in [0.1, 0.15) is 0 Å². The van der Waals surface area contributed by atoms with Crippen molar-refractivity contribution in [1.82, 2.24) is 0 Å². The first kappa shape index (κ1) is 30.2. The highest BCUT2D eigenvalue weighted by Gasteiger charge is 2.25. The van der Waals surface area contributed by atoms with Crippen molar-refractivity contribution in [2.75, 3.05) is 10.5 Å². The van der Waals surface area contributed by atoms with Crippen molar-refractivity contribution in [2.45, 2.75) is 107 Å². The topological polar surface area (TPSA) is 89.3 Å². The summed E-state index contributed by atoms with van der Waals surface area (Å²) in [5.41, 5.74) is -0.0562. The van der Waals surface area contributed by atoms with Gasteiger partial charge in [-0.1, -0.05) is 103 Å². The van der Waals surface area contributed by atoms with Crippen LogP contribution >= 0.6 is 11.8 Å². The molecule has 0 heterocycles. The quantitative estimate of drug-likeness (QED) is 0.0792. The highest BCUT2D eigenvalue weighted by Crippen LogP contribution is 2.27. The summed E-state index contributed by atoms with van der Waals surface area (Å²) in [5, 5.41) is 11.2. The molecule has 0 saturated heterocycles. The fraction of sp³-hybridized carbons (Fsp3) is 0.571. The molecule has 2 aromatic rings. The number of nitro benzene ring substituents is 1. The lowest BCUT2D eigenvalue weighted by Crippen LogP contribution is -2.14. The van der Waals surface area contributed by atoms with E-state index in [1.54, 1.807) is 23.9 Å². The first-order chi connectivity index (χ1) is 17.4. The number of anilines is 1. The summed E-state index contributed by atoms with van der Waals surface area (Å²) in [7, 11) is -4.04. The van der Waals surface area contributed by atoms with E-state index in [-0.39, 0.29) is 4.90 Å². The third kappa shape index (κ3) is 11.8. The number of nitrogens with one attached hydrogen (secondary N) is 1. The lowest BCUT2D eigenvalue weighted by molar-refractivity contribution is -0.387. The molecule has 0 bridgehead atoms. The molecule has 2 aromatic carbocycles. The van der Waals surface area contributed by atoms with Gasteiger partial charge >= 0.3 is 0 Å². The van der Waals surface area contributed by atoms with Crippen LogP contribution in [0.25, 0.3) is 0 Å². The molecular formula is C28H42N2O4S2. The van der Waals surface area contributed by atoms with E-state index in [0.29, 0.717) is 5.69 Å². The number of rotatable bonds is 20. The third-order valence-electron chi connectivity index (χ3n) is 6.22. The molecule has 6 nitrogen and oxygen atoms in total. The number of benzene rings is 2. The molecule has 0 saturated carbocycles. The van der Waals surface area contributed by atoms with Crippen LogP contribution in [0, 0.1) is 10.1 Å². The predicted octanol–water partition coefficient (Wildman–Crippen LogP) is 8.97. The summed E-state index contributed by atoms with van der Waals surface area (Å²) >= 11 is 1.77. The smallest absolute Gasteiger partial charge is 0.279 e. The number of nitrogens with zero attached hydrogens (tertiary/aromatic N) is 1. The highest BCUT2D eigenvalue weighted by molar-refractivity contribution is 7.99. The molecule has 200 valence electrons. The van der Waals surface area contributed by atoms with Crippen molar-refractivity contribution in [2.24, 2.45) is 0 Å². The van der Waals surface area contributed by atoms with Gasteiger partial charge in [-0.15, -0.1) is 11.8 Å². The van der Waals surface area contributed by atoms with Crippen LogP contribution in [0.4, 0.5) is 11.4 Å². The van der Waals surface area contributed by atoms with Gasteiger partial charge in [-0.2, -0.15) is 0 Å². The molecule has 0 spiro atoms. The Balaban J connectivity index is 1.57. The number of unbranched alkanes of at least 4 members (excludes halogenated alkanes) is 13. The molecule has 8 heteroatoms. The van der Waals surface area contributed by atoms with Crippen LogP contribution in [0.1, 0.15) is 96.8 Å². The molecule has 0 unspecified atom stereocenters. The summed E-state index contributed by atoms with van der Waals surface area (Å²) in [6.07, 6.45) is 18.9. The highest BCUT2D eigenvalue weighted by atomic mass is 32.2. The lowest BCUT2D eigenvalue weighted by atomic mass is 10.0. The minimum Gasteiger partial charge on any atom is -0.279 e. The SMILES string of the molecule is CCCCCCCCCCCCCCCCSc1ccc(NS(=O)(=O)c2ccccc2[N+](=O)[O-])cc1. The first-order valence-electron chi connectivity index (χ1n) is 13.4. The molecule has 0 aromatic heterocycles. The Hall–Kier alpha value is -2.06. The summed E-state index contributed by atoms with van der Waals surface area (Å²) in [4.78, 5) is 11.2. The second kappa shape index (κ2) is 17.4. The molecule has 0 amide bonds.